The Morgan fingerprint density at radius 3 is 3.06 bits per heavy atom. The Kier molecular flexibility index (Phi) is 3.46. The summed E-state index contributed by atoms with van der Waals surface area (Å²) >= 11 is 1.68. The van der Waals surface area contributed by atoms with Crippen LogP contribution in [-0.2, 0) is 0 Å². The molecule has 0 aromatic carbocycles. The quantitative estimate of drug-likeness (QED) is 0.867. The lowest BCUT2D eigenvalue weighted by atomic mass is 10.2. The van der Waals surface area contributed by atoms with Crippen LogP contribution in [0.4, 0.5) is 4.79 Å². The van der Waals surface area contributed by atoms with E-state index in [1.54, 1.807) is 21.1 Å². The van der Waals surface area contributed by atoms with Crippen molar-refractivity contribution in [1.82, 2.24) is 9.80 Å². The molecule has 0 spiro atoms. The highest BCUT2D eigenvalue weighted by Crippen LogP contribution is 2.30. The number of carbonyl (C=O) groups excluding carboxylic acids is 1. The van der Waals surface area contributed by atoms with Crippen molar-refractivity contribution in [2.45, 2.75) is 12.5 Å². The van der Waals surface area contributed by atoms with E-state index in [1.807, 2.05) is 18.5 Å². The largest absolute Gasteiger partial charge is 0.396 e. The van der Waals surface area contributed by atoms with Gasteiger partial charge in [0.1, 0.15) is 0 Å². The summed E-state index contributed by atoms with van der Waals surface area (Å²) in [6.45, 7) is 1.51. The third-order valence-corrected chi connectivity index (χ3v) is 3.86. The molecule has 1 unspecified atom stereocenters. The second kappa shape index (κ2) is 4.84. The molecule has 2 rings (SSSR count). The normalized spacial score (nSPS) is 20.9. The predicted octanol–water partition coefficient (Wildman–Crippen LogP) is 1.54. The zero-order valence-corrected chi connectivity index (χ0v) is 10.1. The van der Waals surface area contributed by atoms with Crippen molar-refractivity contribution in [2.24, 2.45) is 0 Å². The Balaban J connectivity index is 2.05. The van der Waals surface area contributed by atoms with Gasteiger partial charge in [0.15, 0.2) is 0 Å². The highest BCUT2D eigenvalue weighted by atomic mass is 32.1. The Bertz CT molecular complexity index is 353. The highest BCUT2D eigenvalue weighted by Gasteiger charge is 2.35. The summed E-state index contributed by atoms with van der Waals surface area (Å²) in [7, 11) is 1.84. The second-order valence-corrected chi connectivity index (χ2v) is 4.93. The van der Waals surface area contributed by atoms with Crippen molar-refractivity contribution < 1.29 is 9.90 Å². The van der Waals surface area contributed by atoms with Gasteiger partial charge < -0.3 is 14.9 Å². The van der Waals surface area contributed by atoms with Crippen LogP contribution in [0.3, 0.4) is 0 Å². The van der Waals surface area contributed by atoms with Gasteiger partial charge in [0.05, 0.1) is 6.04 Å². The molecular weight excluding hydrogens is 224 g/mol. The monoisotopic (exact) mass is 240 g/mol. The first-order valence-electron chi connectivity index (χ1n) is 5.40. The van der Waals surface area contributed by atoms with Gasteiger partial charge in [0.2, 0.25) is 0 Å². The van der Waals surface area contributed by atoms with E-state index >= 15 is 0 Å². The fourth-order valence-corrected chi connectivity index (χ4v) is 2.84. The number of hydrogen-bond acceptors (Lipinski definition) is 3. The van der Waals surface area contributed by atoms with Gasteiger partial charge in [0, 0.05) is 31.6 Å². The minimum atomic E-state index is 0.0619. The molecule has 1 aromatic rings. The number of nitrogens with zero attached hydrogens (tertiary/aromatic N) is 2. The lowest BCUT2D eigenvalue weighted by molar-refractivity contribution is 0.191. The molecule has 4 nitrogen and oxygen atoms in total. The van der Waals surface area contributed by atoms with E-state index in [4.69, 9.17) is 5.11 Å². The molecule has 1 N–H and O–H groups in total. The van der Waals surface area contributed by atoms with Crippen molar-refractivity contribution in [3.8, 4) is 0 Å². The van der Waals surface area contributed by atoms with Crippen LogP contribution in [0.1, 0.15) is 17.3 Å². The minimum Gasteiger partial charge on any atom is -0.396 e. The van der Waals surface area contributed by atoms with Crippen LogP contribution in [0.5, 0.6) is 0 Å². The average Bonchev–Trinajstić information content (AvgIpc) is 2.88. The van der Waals surface area contributed by atoms with Crippen LogP contribution in [-0.4, -0.2) is 47.7 Å². The first kappa shape index (κ1) is 11.4. The van der Waals surface area contributed by atoms with Gasteiger partial charge in [-0.05, 0) is 17.9 Å². The summed E-state index contributed by atoms with van der Waals surface area (Å²) < 4.78 is 0. The highest BCUT2D eigenvalue weighted by molar-refractivity contribution is 7.10. The van der Waals surface area contributed by atoms with Gasteiger partial charge in [-0.2, -0.15) is 0 Å². The lowest BCUT2D eigenvalue weighted by Gasteiger charge is -2.16. The van der Waals surface area contributed by atoms with Crippen LogP contribution in [0.2, 0.25) is 0 Å². The van der Waals surface area contributed by atoms with E-state index < -0.39 is 0 Å². The van der Waals surface area contributed by atoms with Gasteiger partial charge in [-0.1, -0.05) is 6.07 Å². The molecule has 1 aliphatic heterocycles. The first-order valence-corrected chi connectivity index (χ1v) is 6.28. The molecule has 0 saturated carbocycles. The van der Waals surface area contributed by atoms with Gasteiger partial charge in [0.25, 0.3) is 0 Å². The number of aliphatic hydroxyl groups is 1. The maximum Gasteiger partial charge on any atom is 0.320 e. The van der Waals surface area contributed by atoms with E-state index in [1.165, 1.54) is 4.88 Å². The number of likely N-dealkylation sites (N-methyl/N-ethyl adjacent to an activating group) is 1. The molecule has 1 aliphatic rings. The predicted molar refractivity (Wildman–Crippen MR) is 63.5 cm³/mol. The van der Waals surface area contributed by atoms with Crippen LogP contribution in [0.25, 0.3) is 0 Å². The summed E-state index contributed by atoms with van der Waals surface area (Å²) in [5.41, 5.74) is 0. The van der Waals surface area contributed by atoms with Gasteiger partial charge in [-0.25, -0.2) is 4.79 Å². The molecule has 2 heterocycles. The number of thiophene rings is 1. The number of aliphatic hydroxyl groups excluding tert-OH is 1. The van der Waals surface area contributed by atoms with Crippen LogP contribution in [0.15, 0.2) is 17.5 Å². The maximum atomic E-state index is 11.9. The standard InChI is InChI=1S/C11H16N2O2S/c1-12-9(10-4-2-7-16-10)8-13(11(12)15)5-3-6-14/h2,4,7,9,14H,3,5-6,8H2,1H3. The summed E-state index contributed by atoms with van der Waals surface area (Å²) in [5.74, 6) is 0. The Hall–Kier alpha value is -1.07. The van der Waals surface area contributed by atoms with E-state index in [9.17, 15) is 4.79 Å². The number of carbonyl (C=O) groups is 1. The summed E-state index contributed by atoms with van der Waals surface area (Å²) in [4.78, 5) is 16.7. The molecule has 5 heteroatoms. The van der Waals surface area contributed by atoms with Crippen molar-refractivity contribution >= 4 is 17.4 Å². The van der Waals surface area contributed by atoms with E-state index in [-0.39, 0.29) is 18.7 Å². The minimum absolute atomic E-state index is 0.0619. The Morgan fingerprint density at radius 1 is 1.62 bits per heavy atom. The molecule has 16 heavy (non-hydrogen) atoms. The number of urea groups is 1. The van der Waals surface area contributed by atoms with E-state index in [2.05, 4.69) is 6.07 Å². The van der Waals surface area contributed by atoms with Crippen LogP contribution in [0, 0.1) is 0 Å². The first-order chi connectivity index (χ1) is 7.74. The molecular formula is C11H16N2O2S. The third-order valence-electron chi connectivity index (χ3n) is 2.89. The Labute approximate surface area is 99.1 Å². The van der Waals surface area contributed by atoms with E-state index in [0.29, 0.717) is 13.0 Å². The fraction of sp³-hybridized carbons (Fsp3) is 0.545. The van der Waals surface area contributed by atoms with Gasteiger partial charge in [-0.3, -0.25) is 0 Å². The smallest absolute Gasteiger partial charge is 0.320 e. The van der Waals surface area contributed by atoms with Crippen molar-refractivity contribution in [3.05, 3.63) is 22.4 Å². The lowest BCUT2D eigenvalue weighted by Crippen LogP contribution is -2.30. The molecule has 88 valence electrons. The van der Waals surface area contributed by atoms with Crippen molar-refractivity contribution in [2.75, 3.05) is 26.7 Å². The molecule has 1 saturated heterocycles. The van der Waals surface area contributed by atoms with Gasteiger partial charge in [-0.15, -0.1) is 11.3 Å². The van der Waals surface area contributed by atoms with Gasteiger partial charge >= 0.3 is 6.03 Å². The maximum absolute atomic E-state index is 11.9. The molecule has 2 amide bonds. The second-order valence-electron chi connectivity index (χ2n) is 3.95. The zero-order chi connectivity index (χ0) is 11.5. The number of hydrogen-bond donors (Lipinski definition) is 1. The SMILES string of the molecule is CN1C(=O)N(CCCO)CC1c1cccs1. The molecule has 1 fully saturated rings. The van der Waals surface area contributed by atoms with E-state index in [0.717, 1.165) is 6.54 Å². The molecule has 0 radical (unpaired) electrons. The number of rotatable bonds is 4. The summed E-state index contributed by atoms with van der Waals surface area (Å²) in [6, 6.07) is 4.31. The molecule has 0 aliphatic carbocycles. The molecule has 1 atom stereocenters. The topological polar surface area (TPSA) is 43.8 Å². The zero-order valence-electron chi connectivity index (χ0n) is 9.30. The number of amides is 2. The summed E-state index contributed by atoms with van der Waals surface area (Å²) in [5, 5.41) is 10.8. The Morgan fingerprint density at radius 2 is 2.44 bits per heavy atom. The third kappa shape index (κ3) is 2.05. The van der Waals surface area contributed by atoms with Crippen LogP contribution >= 0.6 is 11.3 Å². The fourth-order valence-electron chi connectivity index (χ4n) is 1.98. The molecule has 1 aromatic heterocycles. The van der Waals surface area contributed by atoms with Crippen molar-refractivity contribution in [3.63, 3.8) is 0 Å². The van der Waals surface area contributed by atoms with Crippen molar-refractivity contribution in [1.29, 1.82) is 0 Å². The average molecular weight is 240 g/mol. The molecule has 0 bridgehead atoms. The summed E-state index contributed by atoms with van der Waals surface area (Å²) in [6.07, 6.45) is 0.650. The van der Waals surface area contributed by atoms with Crippen LogP contribution < -0.4 is 0 Å².